The molecule has 0 aromatic heterocycles. The van der Waals surface area contributed by atoms with Crippen molar-refractivity contribution in [2.45, 2.75) is 12.0 Å². The van der Waals surface area contributed by atoms with Crippen LogP contribution in [0.15, 0.2) is 48.5 Å². The number of rotatable bonds is 6. The van der Waals surface area contributed by atoms with Gasteiger partial charge in [-0.15, -0.1) is 0 Å². The number of nitrogens with one attached hydrogen (secondary N) is 1. The van der Waals surface area contributed by atoms with Crippen LogP contribution >= 0.6 is 23.2 Å². The van der Waals surface area contributed by atoms with Crippen LogP contribution in [-0.2, 0) is 15.2 Å². The number of carboxylic acid groups (broad SMARTS) is 1. The minimum Gasteiger partial charge on any atom is -0.481 e. The molecule has 1 amide bonds. The number of carbonyl (C=O) groups is 2. The fourth-order valence-electron chi connectivity index (χ4n) is 2.22. The summed E-state index contributed by atoms with van der Waals surface area (Å²) in [5.41, 5.74) is -1.38. The Labute approximate surface area is 148 Å². The standard InChI is InChI=1S/C17H15Cl2NO4/c18-13-5-1-11(2-6-13)17(24,12-3-7-14(19)8-4-12)16(23)20-10-9-15(21)22/h1-8,24H,9-10H2,(H,20,23)(H,21,22). The number of carbonyl (C=O) groups excluding carboxylic acids is 1. The van der Waals surface area contributed by atoms with Crippen molar-refractivity contribution in [3.8, 4) is 0 Å². The third-order valence-electron chi connectivity index (χ3n) is 3.48. The third kappa shape index (κ3) is 4.06. The zero-order valence-corrected chi connectivity index (χ0v) is 14.0. The number of carboxylic acids is 1. The Morgan fingerprint density at radius 2 is 1.33 bits per heavy atom. The maximum atomic E-state index is 12.6. The molecule has 0 atom stereocenters. The van der Waals surface area contributed by atoms with Gasteiger partial charge in [0, 0.05) is 16.6 Å². The van der Waals surface area contributed by atoms with Gasteiger partial charge in [0.1, 0.15) is 0 Å². The first-order valence-electron chi connectivity index (χ1n) is 7.08. The highest BCUT2D eigenvalue weighted by Crippen LogP contribution is 2.31. The van der Waals surface area contributed by atoms with E-state index in [-0.39, 0.29) is 13.0 Å². The van der Waals surface area contributed by atoms with E-state index in [0.717, 1.165) is 0 Å². The van der Waals surface area contributed by atoms with Gasteiger partial charge < -0.3 is 15.5 Å². The maximum Gasteiger partial charge on any atom is 0.305 e. The molecule has 0 heterocycles. The lowest BCUT2D eigenvalue weighted by Gasteiger charge is -2.28. The first kappa shape index (κ1) is 18.3. The highest BCUT2D eigenvalue weighted by atomic mass is 35.5. The Kier molecular flexibility index (Phi) is 5.83. The van der Waals surface area contributed by atoms with E-state index >= 15 is 0 Å². The van der Waals surface area contributed by atoms with Crippen LogP contribution in [0.3, 0.4) is 0 Å². The van der Waals surface area contributed by atoms with E-state index in [1.807, 2.05) is 0 Å². The molecule has 0 saturated heterocycles. The molecule has 0 bridgehead atoms. The van der Waals surface area contributed by atoms with E-state index in [2.05, 4.69) is 5.32 Å². The van der Waals surface area contributed by atoms with Gasteiger partial charge in [-0.05, 0) is 35.4 Å². The van der Waals surface area contributed by atoms with Crippen LogP contribution in [0.25, 0.3) is 0 Å². The van der Waals surface area contributed by atoms with E-state index in [1.165, 1.54) is 24.3 Å². The predicted octanol–water partition coefficient (Wildman–Crippen LogP) is 2.82. The molecule has 0 radical (unpaired) electrons. The smallest absolute Gasteiger partial charge is 0.305 e. The van der Waals surface area contributed by atoms with Crippen molar-refractivity contribution in [1.29, 1.82) is 0 Å². The Morgan fingerprint density at radius 1 is 0.917 bits per heavy atom. The van der Waals surface area contributed by atoms with E-state index < -0.39 is 17.5 Å². The van der Waals surface area contributed by atoms with Crippen LogP contribution in [-0.4, -0.2) is 28.6 Å². The van der Waals surface area contributed by atoms with Crippen LogP contribution in [0.2, 0.25) is 10.0 Å². The van der Waals surface area contributed by atoms with Crippen LogP contribution < -0.4 is 5.32 Å². The van der Waals surface area contributed by atoms with Crippen LogP contribution in [0, 0.1) is 0 Å². The van der Waals surface area contributed by atoms with Gasteiger partial charge in [-0.25, -0.2) is 0 Å². The molecule has 24 heavy (non-hydrogen) atoms. The monoisotopic (exact) mass is 367 g/mol. The average Bonchev–Trinajstić information content (AvgIpc) is 2.55. The minimum atomic E-state index is -1.99. The summed E-state index contributed by atoms with van der Waals surface area (Å²) in [5, 5.41) is 23.2. The second kappa shape index (κ2) is 7.66. The van der Waals surface area contributed by atoms with Crippen LogP contribution in [0.1, 0.15) is 17.5 Å². The minimum absolute atomic E-state index is 0.0995. The zero-order chi connectivity index (χ0) is 17.7. The normalized spacial score (nSPS) is 11.1. The summed E-state index contributed by atoms with van der Waals surface area (Å²) < 4.78 is 0. The molecule has 0 unspecified atom stereocenters. The van der Waals surface area contributed by atoms with Gasteiger partial charge in [0.2, 0.25) is 0 Å². The summed E-state index contributed by atoms with van der Waals surface area (Å²) in [4.78, 5) is 23.2. The van der Waals surface area contributed by atoms with Gasteiger partial charge in [0.15, 0.2) is 5.60 Å². The van der Waals surface area contributed by atoms with Crippen molar-refractivity contribution in [2.75, 3.05) is 6.54 Å². The predicted molar refractivity (Wildman–Crippen MR) is 91.2 cm³/mol. The first-order valence-corrected chi connectivity index (χ1v) is 7.84. The summed E-state index contributed by atoms with van der Waals surface area (Å²) >= 11 is 11.7. The molecule has 0 aliphatic heterocycles. The largest absolute Gasteiger partial charge is 0.481 e. The Hall–Kier alpha value is -2.08. The summed E-state index contributed by atoms with van der Waals surface area (Å²) in [7, 11) is 0. The topological polar surface area (TPSA) is 86.6 Å². The number of aliphatic hydroxyl groups is 1. The highest BCUT2D eigenvalue weighted by Gasteiger charge is 2.39. The van der Waals surface area contributed by atoms with Crippen molar-refractivity contribution < 1.29 is 19.8 Å². The molecule has 0 fully saturated rings. The van der Waals surface area contributed by atoms with E-state index in [1.54, 1.807) is 24.3 Å². The molecule has 2 rings (SSSR count). The van der Waals surface area contributed by atoms with E-state index in [4.69, 9.17) is 28.3 Å². The maximum absolute atomic E-state index is 12.6. The van der Waals surface area contributed by atoms with Crippen LogP contribution in [0.4, 0.5) is 0 Å². The molecule has 0 aliphatic rings. The number of aliphatic carboxylic acids is 1. The second-order valence-corrected chi connectivity index (χ2v) is 6.00. The van der Waals surface area contributed by atoms with Gasteiger partial charge in [-0.1, -0.05) is 47.5 Å². The van der Waals surface area contributed by atoms with Crippen LogP contribution in [0.5, 0.6) is 0 Å². The molecular weight excluding hydrogens is 353 g/mol. The van der Waals surface area contributed by atoms with Crippen molar-refractivity contribution in [1.82, 2.24) is 5.32 Å². The highest BCUT2D eigenvalue weighted by molar-refractivity contribution is 6.30. The molecule has 126 valence electrons. The summed E-state index contributed by atoms with van der Waals surface area (Å²) in [6.45, 7) is -0.0995. The SMILES string of the molecule is O=C(O)CCNC(=O)C(O)(c1ccc(Cl)cc1)c1ccc(Cl)cc1. The molecule has 3 N–H and O–H groups in total. The van der Waals surface area contributed by atoms with Crippen molar-refractivity contribution in [2.24, 2.45) is 0 Å². The molecule has 2 aromatic carbocycles. The average molecular weight is 368 g/mol. The lowest BCUT2D eigenvalue weighted by molar-refractivity contribution is -0.138. The molecule has 0 spiro atoms. The van der Waals surface area contributed by atoms with Crippen molar-refractivity contribution in [3.05, 3.63) is 69.7 Å². The molecular formula is C17H15Cl2NO4. The molecule has 2 aromatic rings. The molecule has 0 saturated carbocycles. The van der Waals surface area contributed by atoms with Crippen molar-refractivity contribution >= 4 is 35.1 Å². The Bertz CT molecular complexity index is 684. The molecule has 7 heteroatoms. The fraction of sp³-hybridized carbons (Fsp3) is 0.176. The summed E-state index contributed by atoms with van der Waals surface area (Å²) in [6, 6.07) is 12.4. The lowest BCUT2D eigenvalue weighted by atomic mass is 9.85. The van der Waals surface area contributed by atoms with E-state index in [9.17, 15) is 14.7 Å². The van der Waals surface area contributed by atoms with Crippen molar-refractivity contribution in [3.63, 3.8) is 0 Å². The lowest BCUT2D eigenvalue weighted by Crippen LogP contribution is -2.46. The van der Waals surface area contributed by atoms with Gasteiger partial charge in [0.05, 0.1) is 6.42 Å². The number of hydrogen-bond acceptors (Lipinski definition) is 3. The second-order valence-electron chi connectivity index (χ2n) is 5.12. The van der Waals surface area contributed by atoms with Gasteiger partial charge in [-0.2, -0.15) is 0 Å². The summed E-state index contributed by atoms with van der Waals surface area (Å²) in [6.07, 6.45) is -0.247. The van der Waals surface area contributed by atoms with E-state index in [0.29, 0.717) is 21.2 Å². The number of benzene rings is 2. The quantitative estimate of drug-likeness (QED) is 0.732. The molecule has 0 aliphatic carbocycles. The zero-order valence-electron chi connectivity index (χ0n) is 12.5. The van der Waals surface area contributed by atoms with Gasteiger partial charge in [0.25, 0.3) is 5.91 Å². The van der Waals surface area contributed by atoms with Gasteiger partial charge >= 0.3 is 5.97 Å². The first-order chi connectivity index (χ1) is 11.3. The fourth-order valence-corrected chi connectivity index (χ4v) is 2.47. The van der Waals surface area contributed by atoms with Gasteiger partial charge in [-0.3, -0.25) is 9.59 Å². The Balaban J connectivity index is 2.40. The summed E-state index contributed by atoms with van der Waals surface area (Å²) in [5.74, 6) is -1.77. The molecule has 5 nitrogen and oxygen atoms in total. The third-order valence-corrected chi connectivity index (χ3v) is 3.98. The Morgan fingerprint density at radius 3 is 1.71 bits per heavy atom. The number of amides is 1. The number of hydrogen-bond donors (Lipinski definition) is 3. The number of halogens is 2.